The molecule has 0 bridgehead atoms. The van der Waals surface area contributed by atoms with Gasteiger partial charge < -0.3 is 4.90 Å². The van der Waals surface area contributed by atoms with Crippen LogP contribution in [0.3, 0.4) is 0 Å². The number of hydrogen-bond donors (Lipinski definition) is 0. The normalized spacial score (nSPS) is 16.4. The Balaban J connectivity index is 1.99. The Hall–Kier alpha value is -1.91. The summed E-state index contributed by atoms with van der Waals surface area (Å²) in [5.74, 6) is 0.666. The van der Waals surface area contributed by atoms with E-state index in [9.17, 15) is 4.79 Å². The third kappa shape index (κ3) is 2.07. The molecule has 1 amide bonds. The van der Waals surface area contributed by atoms with Crippen LogP contribution in [0.2, 0.25) is 0 Å². The number of carbonyl (C=O) groups is 1. The Morgan fingerprint density at radius 3 is 2.80 bits per heavy atom. The molecule has 106 valence electrons. The lowest BCUT2D eigenvalue weighted by atomic mass is 10.1. The summed E-state index contributed by atoms with van der Waals surface area (Å²) in [6.45, 7) is 6.02. The fourth-order valence-electron chi connectivity index (χ4n) is 2.69. The highest BCUT2D eigenvalue weighted by atomic mass is 16.2. The Morgan fingerprint density at radius 2 is 2.15 bits per heavy atom. The van der Waals surface area contributed by atoms with Crippen molar-refractivity contribution in [2.45, 2.75) is 39.7 Å². The molecule has 2 aromatic rings. The number of hydrogen-bond acceptors (Lipinski definition) is 3. The number of carbonyl (C=O) groups excluding carboxylic acids is 1. The molecule has 0 radical (unpaired) electrons. The summed E-state index contributed by atoms with van der Waals surface area (Å²) in [5.41, 5.74) is 3.14. The van der Waals surface area contributed by atoms with Crippen molar-refractivity contribution in [2.75, 3.05) is 7.05 Å². The van der Waals surface area contributed by atoms with Gasteiger partial charge in [-0.15, -0.1) is 0 Å². The minimum atomic E-state index is 0.0110. The van der Waals surface area contributed by atoms with Crippen LogP contribution in [0.25, 0.3) is 5.65 Å². The lowest BCUT2D eigenvalue weighted by molar-refractivity contribution is 0.0729. The van der Waals surface area contributed by atoms with Crippen LogP contribution in [0.1, 0.15) is 41.5 Å². The van der Waals surface area contributed by atoms with E-state index in [0.29, 0.717) is 17.1 Å². The van der Waals surface area contributed by atoms with Gasteiger partial charge in [-0.25, -0.2) is 9.50 Å². The molecule has 1 fully saturated rings. The summed E-state index contributed by atoms with van der Waals surface area (Å²) in [6, 6.07) is 2.24. The number of amides is 1. The summed E-state index contributed by atoms with van der Waals surface area (Å²) < 4.78 is 1.73. The zero-order valence-corrected chi connectivity index (χ0v) is 12.4. The molecule has 5 heteroatoms. The lowest BCUT2D eigenvalue weighted by Crippen LogP contribution is -2.36. The van der Waals surface area contributed by atoms with Crippen molar-refractivity contribution in [1.82, 2.24) is 19.5 Å². The average Bonchev–Trinajstić information content (AvgIpc) is 3.16. The van der Waals surface area contributed by atoms with Gasteiger partial charge in [0.25, 0.3) is 5.91 Å². The molecule has 0 aliphatic heterocycles. The molecule has 0 saturated heterocycles. The van der Waals surface area contributed by atoms with Gasteiger partial charge in [-0.2, -0.15) is 5.10 Å². The van der Waals surface area contributed by atoms with E-state index in [4.69, 9.17) is 0 Å². The van der Waals surface area contributed by atoms with Gasteiger partial charge in [0, 0.05) is 24.5 Å². The second-order valence-electron chi connectivity index (χ2n) is 5.83. The lowest BCUT2D eigenvalue weighted by Gasteiger charge is -2.24. The Kier molecular flexibility index (Phi) is 3.00. The first-order valence-corrected chi connectivity index (χ1v) is 7.08. The highest BCUT2D eigenvalue weighted by Gasteiger charge is 2.33. The summed E-state index contributed by atoms with van der Waals surface area (Å²) in [5, 5.41) is 4.29. The smallest absolute Gasteiger partial charge is 0.259 e. The molecule has 2 heterocycles. The van der Waals surface area contributed by atoms with Gasteiger partial charge in [0.05, 0.1) is 6.20 Å². The highest BCUT2D eigenvalue weighted by molar-refractivity contribution is 5.99. The molecule has 0 N–H and O–H groups in total. The summed E-state index contributed by atoms with van der Waals surface area (Å²) in [7, 11) is 1.87. The van der Waals surface area contributed by atoms with Gasteiger partial charge in [0.1, 0.15) is 5.56 Å². The maximum atomic E-state index is 12.6. The van der Waals surface area contributed by atoms with E-state index in [2.05, 4.69) is 17.0 Å². The van der Waals surface area contributed by atoms with Gasteiger partial charge in [0.15, 0.2) is 5.65 Å². The fourth-order valence-corrected chi connectivity index (χ4v) is 2.69. The average molecular weight is 272 g/mol. The number of aryl methyl sites for hydroxylation is 2. The number of rotatable bonds is 3. The SMILES string of the molecule is Cc1cc(C)n2ncc(C(=O)N(C)[C@@H](C)C3CC3)c2n1. The van der Waals surface area contributed by atoms with Crippen LogP contribution < -0.4 is 0 Å². The maximum Gasteiger partial charge on any atom is 0.259 e. The highest BCUT2D eigenvalue weighted by Crippen LogP contribution is 2.35. The standard InChI is InChI=1S/C15H20N4O/c1-9-7-10(2)19-14(17-9)13(8-16-19)15(20)18(4)11(3)12-5-6-12/h7-8,11-12H,5-6H2,1-4H3/t11-/m0/s1. The predicted octanol–water partition coefficient (Wildman–Crippen LogP) is 2.22. The molecule has 20 heavy (non-hydrogen) atoms. The van der Waals surface area contributed by atoms with Gasteiger partial charge in [0.2, 0.25) is 0 Å². The van der Waals surface area contributed by atoms with E-state index >= 15 is 0 Å². The molecule has 0 unspecified atom stereocenters. The third-order valence-electron chi connectivity index (χ3n) is 4.24. The zero-order chi connectivity index (χ0) is 14.4. The number of fused-ring (bicyclic) bond motifs is 1. The van der Waals surface area contributed by atoms with Crippen molar-refractivity contribution in [3.8, 4) is 0 Å². The van der Waals surface area contributed by atoms with E-state index in [1.165, 1.54) is 12.8 Å². The van der Waals surface area contributed by atoms with Crippen LogP contribution in [0.15, 0.2) is 12.3 Å². The van der Waals surface area contributed by atoms with Crippen LogP contribution in [-0.2, 0) is 0 Å². The molecular weight excluding hydrogens is 252 g/mol. The summed E-state index contributed by atoms with van der Waals surface area (Å²) in [4.78, 5) is 18.9. The van der Waals surface area contributed by atoms with E-state index in [1.807, 2.05) is 31.9 Å². The van der Waals surface area contributed by atoms with Crippen molar-refractivity contribution in [2.24, 2.45) is 5.92 Å². The molecule has 1 saturated carbocycles. The molecule has 0 spiro atoms. The van der Waals surface area contributed by atoms with Crippen molar-refractivity contribution in [3.05, 3.63) is 29.2 Å². The van der Waals surface area contributed by atoms with Crippen LogP contribution in [0.5, 0.6) is 0 Å². The quantitative estimate of drug-likeness (QED) is 0.861. The predicted molar refractivity (Wildman–Crippen MR) is 76.7 cm³/mol. The minimum absolute atomic E-state index is 0.0110. The van der Waals surface area contributed by atoms with Crippen LogP contribution in [0.4, 0.5) is 0 Å². The largest absolute Gasteiger partial charge is 0.339 e. The maximum absolute atomic E-state index is 12.6. The molecule has 5 nitrogen and oxygen atoms in total. The van der Waals surface area contributed by atoms with E-state index in [0.717, 1.165) is 11.4 Å². The number of aromatic nitrogens is 3. The Morgan fingerprint density at radius 1 is 1.45 bits per heavy atom. The first-order chi connectivity index (χ1) is 9.49. The van der Waals surface area contributed by atoms with Crippen LogP contribution in [0, 0.1) is 19.8 Å². The summed E-state index contributed by atoms with van der Waals surface area (Å²) in [6.07, 6.45) is 4.08. The van der Waals surface area contributed by atoms with E-state index in [-0.39, 0.29) is 11.9 Å². The Labute approximate surface area is 118 Å². The van der Waals surface area contributed by atoms with Gasteiger partial charge in [-0.1, -0.05) is 0 Å². The molecule has 1 atom stereocenters. The second-order valence-corrected chi connectivity index (χ2v) is 5.83. The molecule has 3 rings (SSSR count). The Bertz CT molecular complexity index is 672. The van der Waals surface area contributed by atoms with Gasteiger partial charge in [-0.05, 0) is 45.6 Å². The molecule has 0 aromatic carbocycles. The van der Waals surface area contributed by atoms with Gasteiger partial charge in [-0.3, -0.25) is 4.79 Å². The topological polar surface area (TPSA) is 50.5 Å². The van der Waals surface area contributed by atoms with Gasteiger partial charge >= 0.3 is 0 Å². The van der Waals surface area contributed by atoms with Crippen molar-refractivity contribution < 1.29 is 4.79 Å². The van der Waals surface area contributed by atoms with E-state index < -0.39 is 0 Å². The first-order valence-electron chi connectivity index (χ1n) is 7.08. The van der Waals surface area contributed by atoms with Crippen molar-refractivity contribution in [3.63, 3.8) is 0 Å². The van der Waals surface area contributed by atoms with Crippen molar-refractivity contribution in [1.29, 1.82) is 0 Å². The monoisotopic (exact) mass is 272 g/mol. The molecule has 1 aliphatic rings. The van der Waals surface area contributed by atoms with E-state index in [1.54, 1.807) is 10.7 Å². The molecule has 1 aliphatic carbocycles. The minimum Gasteiger partial charge on any atom is -0.339 e. The molecular formula is C15H20N4O. The summed E-state index contributed by atoms with van der Waals surface area (Å²) >= 11 is 0. The first kappa shape index (κ1) is 13.1. The zero-order valence-electron chi connectivity index (χ0n) is 12.4. The third-order valence-corrected chi connectivity index (χ3v) is 4.24. The fraction of sp³-hybridized carbons (Fsp3) is 0.533. The van der Waals surface area contributed by atoms with Crippen molar-refractivity contribution >= 4 is 11.6 Å². The van der Waals surface area contributed by atoms with Crippen LogP contribution >= 0.6 is 0 Å². The molecule has 2 aromatic heterocycles. The number of nitrogens with zero attached hydrogens (tertiary/aromatic N) is 4. The second kappa shape index (κ2) is 4.58. The van der Waals surface area contributed by atoms with Crippen LogP contribution in [-0.4, -0.2) is 38.5 Å².